The Labute approximate surface area is 264 Å². The Kier molecular flexibility index (Phi) is 14.0. The van der Waals surface area contributed by atoms with E-state index in [1.54, 1.807) is 24.3 Å². The first-order valence-corrected chi connectivity index (χ1v) is 15.5. The van der Waals surface area contributed by atoms with Crippen molar-refractivity contribution in [3.63, 3.8) is 0 Å². The van der Waals surface area contributed by atoms with Crippen LogP contribution in [0.1, 0.15) is 93.2 Å². The van der Waals surface area contributed by atoms with Crippen molar-refractivity contribution in [2.24, 2.45) is 10.8 Å². The minimum atomic E-state index is -4.98. The van der Waals surface area contributed by atoms with E-state index in [4.69, 9.17) is 9.79 Å². The molecular weight excluding hydrogens is 566 g/mol. The Hall–Kier alpha value is -0.400. The van der Waals surface area contributed by atoms with E-state index in [0.717, 1.165) is 24.0 Å². The van der Waals surface area contributed by atoms with Crippen molar-refractivity contribution in [3.05, 3.63) is 59.7 Å². The van der Waals surface area contributed by atoms with Crippen molar-refractivity contribution in [1.29, 1.82) is 0 Å². The molecule has 8 nitrogen and oxygen atoms in total. The van der Waals surface area contributed by atoms with E-state index >= 15 is 0 Å². The van der Waals surface area contributed by atoms with E-state index in [0.29, 0.717) is 0 Å². The molecule has 2 N–H and O–H groups in total. The van der Waals surface area contributed by atoms with Crippen LogP contribution in [0.15, 0.2) is 48.5 Å². The van der Waals surface area contributed by atoms with Gasteiger partial charge in [0.15, 0.2) is 0 Å². The molecule has 0 bridgehead atoms. The van der Waals surface area contributed by atoms with Gasteiger partial charge in [0.2, 0.25) is 0 Å². The Balaban J connectivity index is 0.000000722. The summed E-state index contributed by atoms with van der Waals surface area (Å²) in [5, 5.41) is 0. The van der Waals surface area contributed by atoms with Crippen LogP contribution < -0.4 is 18.8 Å². The Morgan fingerprint density at radius 2 is 0.897 bits per heavy atom. The summed E-state index contributed by atoms with van der Waals surface area (Å²) < 4.78 is 30.1. The third-order valence-corrected chi connectivity index (χ3v) is 6.54. The molecule has 0 heterocycles. The van der Waals surface area contributed by atoms with Gasteiger partial charge in [-0.05, 0) is 69.9 Å². The predicted octanol–water partition coefficient (Wildman–Crippen LogP) is 6.10. The first kappa shape index (κ1) is 38.6. The van der Waals surface area contributed by atoms with E-state index in [9.17, 15) is 18.9 Å². The third kappa shape index (κ3) is 16.6. The second-order valence-corrected chi connectivity index (χ2v) is 15.7. The van der Waals surface area contributed by atoms with Crippen LogP contribution in [-0.2, 0) is 20.0 Å². The molecule has 2 aromatic carbocycles. The van der Waals surface area contributed by atoms with Gasteiger partial charge in [0, 0.05) is 0 Å². The largest absolute Gasteiger partial charge is 2.00 e. The fraction of sp³-hybridized carbons (Fsp3) is 0.571. The zero-order chi connectivity index (χ0) is 29.8. The molecule has 0 fully saturated rings. The van der Waals surface area contributed by atoms with Crippen molar-refractivity contribution in [3.8, 4) is 11.5 Å². The summed E-state index contributed by atoms with van der Waals surface area (Å²) in [6.45, 7) is 21.7. The molecule has 0 saturated carbocycles. The number of hydrogen-bond acceptors (Lipinski definition) is 6. The number of hydrogen-bond donors (Lipinski definition) is 2. The zero-order valence-corrected chi connectivity index (χ0v) is 29.0. The molecule has 11 heteroatoms. The van der Waals surface area contributed by atoms with Crippen LogP contribution in [0, 0.1) is 10.8 Å². The molecular formula is C28H44CaO8P2. The van der Waals surface area contributed by atoms with Gasteiger partial charge in [-0.2, -0.15) is 0 Å². The summed E-state index contributed by atoms with van der Waals surface area (Å²) in [7, 11) is -9.45. The van der Waals surface area contributed by atoms with Gasteiger partial charge < -0.3 is 23.4 Å². The fourth-order valence-corrected chi connectivity index (χ4v) is 5.83. The smallest absolute Gasteiger partial charge is 0.780 e. The van der Waals surface area contributed by atoms with Crippen LogP contribution in [0.25, 0.3) is 0 Å². The Bertz CT molecular complexity index is 1030. The zero-order valence-electron chi connectivity index (χ0n) is 25.0. The van der Waals surface area contributed by atoms with Gasteiger partial charge in [0.1, 0.15) is 19.3 Å². The van der Waals surface area contributed by atoms with Crippen molar-refractivity contribution < 1.29 is 37.8 Å². The van der Waals surface area contributed by atoms with Crippen molar-refractivity contribution in [1.82, 2.24) is 0 Å². The van der Waals surface area contributed by atoms with E-state index in [2.05, 4.69) is 78.3 Å². The summed E-state index contributed by atoms with van der Waals surface area (Å²) in [6.07, 6.45) is 2.00. The second kappa shape index (κ2) is 14.2. The minimum absolute atomic E-state index is 0. The van der Waals surface area contributed by atoms with Gasteiger partial charge >= 0.3 is 45.6 Å². The normalized spacial score (nSPS) is 13.1. The van der Waals surface area contributed by atoms with E-state index in [-0.39, 0.29) is 70.9 Å². The average molecular weight is 611 g/mol. The van der Waals surface area contributed by atoms with Gasteiger partial charge in [-0.3, -0.25) is 9.79 Å². The van der Waals surface area contributed by atoms with Crippen molar-refractivity contribution in [2.75, 3.05) is 0 Å². The van der Waals surface area contributed by atoms with E-state index in [1.807, 2.05) is 12.1 Å². The van der Waals surface area contributed by atoms with E-state index in [1.165, 1.54) is 12.1 Å². The third-order valence-electron chi connectivity index (χ3n) is 5.66. The van der Waals surface area contributed by atoms with Crippen LogP contribution >= 0.6 is 15.6 Å². The molecule has 216 valence electrons. The summed E-state index contributed by atoms with van der Waals surface area (Å²) in [6, 6.07) is 13.5. The van der Waals surface area contributed by atoms with Gasteiger partial charge in [-0.25, -0.2) is 4.57 Å². The van der Waals surface area contributed by atoms with Crippen LogP contribution in [0.2, 0.25) is 0 Å². The van der Waals surface area contributed by atoms with Crippen molar-refractivity contribution in [2.45, 2.75) is 92.9 Å². The summed E-state index contributed by atoms with van der Waals surface area (Å²) in [5.74, 6) is 0.243. The Morgan fingerprint density at radius 1 is 0.615 bits per heavy atom. The molecule has 0 aromatic heterocycles. The number of rotatable bonds is 8. The average Bonchev–Trinajstić information content (AvgIpc) is 2.63. The molecule has 2 rings (SSSR count). The topological polar surface area (TPSA) is 139 Å². The minimum Gasteiger partial charge on any atom is -0.780 e. The van der Waals surface area contributed by atoms with Gasteiger partial charge in [0.25, 0.3) is 0 Å². The molecule has 2 aromatic rings. The molecule has 0 radical (unpaired) electrons. The fourth-order valence-electron chi connectivity index (χ4n) is 5.06. The van der Waals surface area contributed by atoms with Crippen molar-refractivity contribution >= 4 is 53.4 Å². The molecule has 0 aliphatic heterocycles. The standard InChI is InChI=1S/2C14H23O4P.Ca/c2*1-13(2,3)10-14(4,5)11-6-8-12(9-7-11)18-19(15,16)17;/h2*6-9H,10H2,1-5H3,(H2,15,16,17);/q;;+2/p-2. The van der Waals surface area contributed by atoms with Crippen LogP contribution in [0.4, 0.5) is 0 Å². The first-order chi connectivity index (χ1) is 16.8. The Morgan fingerprint density at radius 3 is 1.13 bits per heavy atom. The molecule has 0 spiro atoms. The molecule has 0 aliphatic rings. The maximum Gasteiger partial charge on any atom is 2.00 e. The maximum absolute atomic E-state index is 10.7. The molecule has 0 atom stereocenters. The summed E-state index contributed by atoms with van der Waals surface area (Å²) in [5.41, 5.74) is 2.58. The van der Waals surface area contributed by atoms with Gasteiger partial charge in [0.05, 0.1) is 0 Å². The van der Waals surface area contributed by atoms with Crippen LogP contribution in [-0.4, -0.2) is 47.5 Å². The second-order valence-electron chi connectivity index (χ2n) is 13.4. The van der Waals surface area contributed by atoms with Crippen LogP contribution in [0.3, 0.4) is 0 Å². The molecule has 0 amide bonds. The van der Waals surface area contributed by atoms with Crippen LogP contribution in [0.5, 0.6) is 11.5 Å². The summed E-state index contributed by atoms with van der Waals surface area (Å²) >= 11 is 0. The van der Waals surface area contributed by atoms with Gasteiger partial charge in [-0.1, -0.05) is 93.5 Å². The SMILES string of the molecule is CC(C)(C)CC(C)(C)c1ccc(OP(=O)(O)O)cc1.CC(C)(C)CC(C)(C)c1ccc(OP(=O)([O-])[O-])cc1.[Ca+2]. The number of phosphoric acid groups is 2. The first-order valence-electron chi connectivity index (χ1n) is 12.5. The van der Waals surface area contributed by atoms with Gasteiger partial charge in [-0.15, -0.1) is 0 Å². The predicted molar refractivity (Wildman–Crippen MR) is 154 cm³/mol. The maximum atomic E-state index is 10.7. The molecule has 0 saturated heterocycles. The van der Waals surface area contributed by atoms with E-state index < -0.39 is 15.6 Å². The molecule has 0 unspecified atom stereocenters. The quantitative estimate of drug-likeness (QED) is 0.270. The monoisotopic (exact) mass is 610 g/mol. The summed E-state index contributed by atoms with van der Waals surface area (Å²) in [4.78, 5) is 38.5. The molecule has 39 heavy (non-hydrogen) atoms. The molecule has 0 aliphatic carbocycles. The number of phosphoric ester groups is 2. The number of benzene rings is 2.